The molecule has 5 aromatic rings. The zero-order valence-corrected chi connectivity index (χ0v) is 18.4. The van der Waals surface area contributed by atoms with Crippen molar-refractivity contribution in [1.82, 2.24) is 14.5 Å². The molecule has 0 saturated heterocycles. The Morgan fingerprint density at radius 1 is 1.30 bits per heavy atom. The maximum atomic E-state index is 14.0. The first kappa shape index (κ1) is 19.9. The molecule has 1 N–H and O–H groups in total. The van der Waals surface area contributed by atoms with Crippen molar-refractivity contribution >= 4 is 31.6 Å². The van der Waals surface area contributed by atoms with Crippen LogP contribution < -0.4 is 10.3 Å². The molecule has 0 spiro atoms. The lowest BCUT2D eigenvalue weighted by Crippen LogP contribution is -2.24. The first-order valence-electron chi connectivity index (χ1n) is 10.5. The van der Waals surface area contributed by atoms with Gasteiger partial charge in [0.15, 0.2) is 18.0 Å². The molecule has 3 heterocycles. The Hall–Kier alpha value is -3.72. The third-order valence-electron chi connectivity index (χ3n) is 6.00. The molecule has 1 saturated carbocycles. The number of phenolic OH excluding ortho intramolecular Hbond substituents is 1. The number of hydrogen-bond acceptors (Lipinski definition) is 7. The van der Waals surface area contributed by atoms with Gasteiger partial charge in [-0.15, -0.1) is 11.3 Å². The highest BCUT2D eigenvalue weighted by Crippen LogP contribution is 2.46. The van der Waals surface area contributed by atoms with Crippen molar-refractivity contribution in [1.29, 1.82) is 0 Å². The molecule has 3 aromatic heterocycles. The second-order valence-electron chi connectivity index (χ2n) is 8.08. The van der Waals surface area contributed by atoms with E-state index in [-0.39, 0.29) is 12.1 Å². The Bertz CT molecular complexity index is 1590. The summed E-state index contributed by atoms with van der Waals surface area (Å²) in [6.45, 7) is 0.137. The molecule has 33 heavy (non-hydrogen) atoms. The molecule has 0 unspecified atom stereocenters. The molecule has 2 aromatic carbocycles. The van der Waals surface area contributed by atoms with Gasteiger partial charge in [-0.3, -0.25) is 9.36 Å². The molecule has 7 nitrogen and oxygen atoms in total. The molecule has 0 bridgehead atoms. The Morgan fingerprint density at radius 3 is 2.88 bits per heavy atom. The molecule has 166 valence electrons. The number of phenols is 1. The number of hydrogen-bond donors (Lipinski definition) is 1. The molecular weight excluding hydrogens is 445 g/mol. The van der Waals surface area contributed by atoms with Gasteiger partial charge in [-0.05, 0) is 54.7 Å². The topological polar surface area (TPSA) is 90.4 Å². The fourth-order valence-electron chi connectivity index (χ4n) is 4.22. The Kier molecular flexibility index (Phi) is 4.48. The fraction of sp³-hybridized carbons (Fsp3) is 0.208. The van der Waals surface area contributed by atoms with Crippen LogP contribution in [0.3, 0.4) is 0 Å². The van der Waals surface area contributed by atoms with Crippen molar-refractivity contribution in [2.75, 3.05) is 7.11 Å². The van der Waals surface area contributed by atoms with Crippen LogP contribution in [0.2, 0.25) is 0 Å². The first-order valence-corrected chi connectivity index (χ1v) is 11.3. The number of nitrogens with zero attached hydrogens (tertiary/aromatic N) is 3. The van der Waals surface area contributed by atoms with Crippen LogP contribution in [-0.4, -0.2) is 26.8 Å². The number of rotatable bonds is 5. The van der Waals surface area contributed by atoms with Crippen LogP contribution in [0.4, 0.5) is 4.39 Å². The van der Waals surface area contributed by atoms with E-state index in [1.807, 2.05) is 18.2 Å². The number of oxazole rings is 1. The summed E-state index contributed by atoms with van der Waals surface area (Å²) in [5, 5.41) is 11.1. The van der Waals surface area contributed by atoms with Crippen LogP contribution in [0.25, 0.3) is 31.7 Å². The quantitative estimate of drug-likeness (QED) is 0.393. The van der Waals surface area contributed by atoms with Crippen LogP contribution in [-0.2, 0) is 6.54 Å². The summed E-state index contributed by atoms with van der Waals surface area (Å²) in [6, 6.07) is 8.43. The number of halogens is 1. The third kappa shape index (κ3) is 3.19. The summed E-state index contributed by atoms with van der Waals surface area (Å²) in [5.41, 5.74) is 1.62. The van der Waals surface area contributed by atoms with E-state index in [1.165, 1.54) is 12.5 Å². The highest BCUT2D eigenvalue weighted by Gasteiger charge is 2.29. The van der Waals surface area contributed by atoms with Crippen LogP contribution in [0.5, 0.6) is 11.5 Å². The number of methoxy groups -OCH3 is 1. The zero-order valence-electron chi connectivity index (χ0n) is 17.5. The highest BCUT2D eigenvalue weighted by atomic mass is 32.1. The molecule has 0 radical (unpaired) electrons. The third-order valence-corrected chi connectivity index (χ3v) is 7.11. The zero-order chi connectivity index (χ0) is 22.7. The van der Waals surface area contributed by atoms with Crippen molar-refractivity contribution in [3.8, 4) is 22.9 Å². The van der Waals surface area contributed by atoms with Gasteiger partial charge in [0.05, 0.1) is 29.9 Å². The standard InChI is InChI=1S/C24H18FN3O4S/c1-31-13-4-5-15(17(8-13)12-2-3-12)22-27-23-19(16-6-7-18(25)20(29)21(16)33-23)24(30)28(22)10-14-9-26-11-32-14/h4-9,11-12,29H,2-3,10H2,1H3. The minimum Gasteiger partial charge on any atom is -0.504 e. The van der Waals surface area contributed by atoms with Crippen molar-refractivity contribution in [3.05, 3.63) is 70.4 Å². The lowest BCUT2D eigenvalue weighted by Gasteiger charge is -2.15. The average molecular weight is 463 g/mol. The van der Waals surface area contributed by atoms with Gasteiger partial charge < -0.3 is 14.3 Å². The molecule has 9 heteroatoms. The largest absolute Gasteiger partial charge is 0.504 e. The Balaban J connectivity index is 1.68. The number of ether oxygens (including phenoxy) is 1. The first-order chi connectivity index (χ1) is 16.0. The van der Waals surface area contributed by atoms with Gasteiger partial charge in [-0.1, -0.05) is 0 Å². The fourth-order valence-corrected chi connectivity index (χ4v) is 5.31. The molecule has 1 aliphatic rings. The average Bonchev–Trinajstić information content (AvgIpc) is 3.41. The summed E-state index contributed by atoms with van der Waals surface area (Å²) in [4.78, 5) is 23.1. The minimum absolute atomic E-state index is 0.137. The van der Waals surface area contributed by atoms with E-state index in [1.54, 1.807) is 17.9 Å². The van der Waals surface area contributed by atoms with Gasteiger partial charge in [0.1, 0.15) is 22.2 Å². The van der Waals surface area contributed by atoms with Crippen LogP contribution in [0, 0.1) is 5.82 Å². The lowest BCUT2D eigenvalue weighted by atomic mass is 10.0. The van der Waals surface area contributed by atoms with Crippen LogP contribution >= 0.6 is 11.3 Å². The van der Waals surface area contributed by atoms with E-state index in [9.17, 15) is 14.3 Å². The second kappa shape index (κ2) is 7.41. The summed E-state index contributed by atoms with van der Waals surface area (Å²) in [6.07, 6.45) is 4.99. The van der Waals surface area contributed by atoms with Crippen molar-refractivity contribution < 1.29 is 18.7 Å². The van der Waals surface area contributed by atoms with Gasteiger partial charge in [-0.25, -0.2) is 14.4 Å². The number of aromatic hydroxyl groups is 1. The minimum atomic E-state index is -0.734. The Labute approximate surface area is 190 Å². The van der Waals surface area contributed by atoms with E-state index in [2.05, 4.69) is 4.98 Å². The normalized spacial score (nSPS) is 13.8. The van der Waals surface area contributed by atoms with E-state index < -0.39 is 11.6 Å². The number of aromatic nitrogens is 3. The lowest BCUT2D eigenvalue weighted by molar-refractivity contribution is 0.414. The van der Waals surface area contributed by atoms with Crippen molar-refractivity contribution in [3.63, 3.8) is 0 Å². The predicted octanol–water partition coefficient (Wildman–Crippen LogP) is 5.05. The number of thiophene rings is 1. The Morgan fingerprint density at radius 2 is 2.15 bits per heavy atom. The summed E-state index contributed by atoms with van der Waals surface area (Å²) >= 11 is 1.10. The van der Waals surface area contributed by atoms with E-state index >= 15 is 0 Å². The van der Waals surface area contributed by atoms with Crippen LogP contribution in [0.1, 0.15) is 30.1 Å². The maximum Gasteiger partial charge on any atom is 0.263 e. The van der Waals surface area contributed by atoms with Gasteiger partial charge in [-0.2, -0.15) is 0 Å². The molecule has 6 rings (SSSR count). The molecule has 0 aliphatic heterocycles. The summed E-state index contributed by atoms with van der Waals surface area (Å²) in [5.74, 6) is 0.910. The van der Waals surface area contributed by atoms with Crippen molar-refractivity contribution in [2.24, 2.45) is 0 Å². The monoisotopic (exact) mass is 463 g/mol. The molecular formula is C24H18FN3O4S. The number of fused-ring (bicyclic) bond motifs is 3. The molecule has 0 atom stereocenters. The summed E-state index contributed by atoms with van der Waals surface area (Å²) in [7, 11) is 1.62. The summed E-state index contributed by atoms with van der Waals surface area (Å²) < 4.78 is 26.7. The smallest absolute Gasteiger partial charge is 0.263 e. The number of benzene rings is 2. The maximum absolute atomic E-state index is 14.0. The van der Waals surface area contributed by atoms with Gasteiger partial charge in [0.2, 0.25) is 0 Å². The molecule has 1 fully saturated rings. The van der Waals surface area contributed by atoms with Crippen molar-refractivity contribution in [2.45, 2.75) is 25.3 Å². The van der Waals surface area contributed by atoms with Gasteiger partial charge in [0.25, 0.3) is 5.56 Å². The molecule has 0 amide bonds. The van der Waals surface area contributed by atoms with E-state index in [0.29, 0.717) is 37.8 Å². The van der Waals surface area contributed by atoms with Gasteiger partial charge in [0, 0.05) is 10.9 Å². The SMILES string of the molecule is COc1ccc(-c2nc3sc4c(O)c(F)ccc4c3c(=O)n2Cc2cnco2)c(C2CC2)c1. The second-order valence-corrected chi connectivity index (χ2v) is 9.08. The van der Waals surface area contributed by atoms with Crippen LogP contribution in [0.15, 0.2) is 52.1 Å². The highest BCUT2D eigenvalue weighted by molar-refractivity contribution is 7.25. The van der Waals surface area contributed by atoms with E-state index in [4.69, 9.17) is 14.1 Å². The van der Waals surface area contributed by atoms with E-state index in [0.717, 1.165) is 47.1 Å². The van der Waals surface area contributed by atoms with Gasteiger partial charge >= 0.3 is 0 Å². The molecule has 1 aliphatic carbocycles. The predicted molar refractivity (Wildman–Crippen MR) is 123 cm³/mol.